The van der Waals surface area contributed by atoms with E-state index in [2.05, 4.69) is 71.3 Å². The van der Waals surface area contributed by atoms with E-state index in [0.29, 0.717) is 90.4 Å². The van der Waals surface area contributed by atoms with Crippen LogP contribution >= 0.6 is 0 Å². The number of amides is 4. The summed E-state index contributed by atoms with van der Waals surface area (Å²) in [5.74, 6) is 1.72. The molecule has 0 radical (unpaired) electrons. The summed E-state index contributed by atoms with van der Waals surface area (Å²) in [4.78, 5) is 64.4. The van der Waals surface area contributed by atoms with E-state index in [1.54, 1.807) is 34.1 Å². The molecule has 3 atom stereocenters. The maximum atomic E-state index is 14.8. The lowest BCUT2D eigenvalue weighted by atomic mass is 9.90. The SMILES string of the molecule is C=CCOC(=O)N1C[C@@H]2CC(c3ccc(C4CCOCC4)cc3)=CN2C(=O)c2cc(OC)c(OCCCCCOc3cc4c(cc3OC3CC3)C(=O)N3CC5(CC5)C[C@H]3C(O[Si](C)(C)C(C)(C)C)N4C(=O)OCC=C)cc21. The first-order valence-corrected chi connectivity index (χ1v) is 30.6. The fourth-order valence-electron chi connectivity index (χ4n) is 11.1. The van der Waals surface area contributed by atoms with Crippen LogP contribution in [0.1, 0.15) is 129 Å². The molecule has 17 heteroatoms. The Hall–Kier alpha value is -6.30. The number of ether oxygens (including phenoxy) is 7. The summed E-state index contributed by atoms with van der Waals surface area (Å²) in [5, 5.41) is -0.180. The molecule has 1 spiro atoms. The number of fused-ring (bicyclic) bond motifs is 4. The van der Waals surface area contributed by atoms with Crippen molar-refractivity contribution >= 4 is 49.3 Å². The lowest BCUT2D eigenvalue weighted by molar-refractivity contribution is 0.0528. The van der Waals surface area contributed by atoms with E-state index in [0.717, 1.165) is 75.7 Å². The van der Waals surface area contributed by atoms with Crippen LogP contribution in [-0.2, 0) is 18.6 Å². The fourth-order valence-corrected chi connectivity index (χ4v) is 12.3. The second-order valence-electron chi connectivity index (χ2n) is 23.3. The average Bonchev–Trinajstić information content (AvgIpc) is 4.46. The minimum atomic E-state index is -2.53. The van der Waals surface area contributed by atoms with E-state index < -0.39 is 26.7 Å². The molecule has 2 saturated carbocycles. The van der Waals surface area contributed by atoms with Crippen molar-refractivity contribution < 1.29 is 56.8 Å². The van der Waals surface area contributed by atoms with Gasteiger partial charge in [0.05, 0.1) is 67.6 Å². The lowest BCUT2D eigenvalue weighted by Gasteiger charge is -2.44. The molecule has 10 rings (SSSR count). The standard InChI is InChI=1S/C60H76N4O12Si/c1-9-24-73-57(67)62-37-43-30-42(40-16-14-39(15-17-40)41-20-28-70-29-21-41)36-61(43)54(65)45-31-50(69-6)51(33-47(45)62)71-26-12-11-13-27-72-52-34-48-46(32-53(52)75-44-18-19-44)55(66)63-38-60(22-23-60)35-49(63)56(64(48)58(68)74-25-10-2)76-77(7,8)59(3,4)5/h9-10,14-17,31-34,36,41,43-44,49,56H,1-2,11-13,18-30,35,37-38H2,3-8H3/t43-,49-,56?/m0/s1. The van der Waals surface area contributed by atoms with Gasteiger partial charge in [-0.15, -0.1) is 0 Å². The van der Waals surface area contributed by atoms with Gasteiger partial charge < -0.3 is 47.4 Å². The topological polar surface area (TPSA) is 155 Å². The number of rotatable bonds is 19. The van der Waals surface area contributed by atoms with Crippen molar-refractivity contribution in [3.63, 3.8) is 0 Å². The second-order valence-corrected chi connectivity index (χ2v) is 28.1. The summed E-state index contributed by atoms with van der Waals surface area (Å²) in [6.07, 6.45) is 12.2. The van der Waals surface area contributed by atoms with E-state index in [4.69, 9.17) is 37.6 Å². The third kappa shape index (κ3) is 11.4. The maximum Gasteiger partial charge on any atom is 0.416 e. The quantitative estimate of drug-likeness (QED) is 0.0637. The third-order valence-corrected chi connectivity index (χ3v) is 21.3. The van der Waals surface area contributed by atoms with Crippen LogP contribution in [0, 0.1) is 5.41 Å². The number of hydrogen-bond acceptors (Lipinski definition) is 12. The van der Waals surface area contributed by atoms with Crippen molar-refractivity contribution in [1.29, 1.82) is 0 Å². The normalized spacial score (nSPS) is 21.7. The van der Waals surface area contributed by atoms with Gasteiger partial charge in [0.1, 0.15) is 13.2 Å². The van der Waals surface area contributed by atoms with E-state index in [1.807, 2.05) is 11.1 Å². The largest absolute Gasteiger partial charge is 0.493 e. The first kappa shape index (κ1) is 54.1. The number of carbonyl (C=O) groups excluding carboxylic acids is 4. The predicted octanol–water partition coefficient (Wildman–Crippen LogP) is 11.6. The maximum absolute atomic E-state index is 14.8. The van der Waals surface area contributed by atoms with Gasteiger partial charge in [0.25, 0.3) is 11.8 Å². The van der Waals surface area contributed by atoms with Crippen LogP contribution in [0.3, 0.4) is 0 Å². The molecule has 3 aromatic carbocycles. The van der Waals surface area contributed by atoms with Crippen LogP contribution in [0.25, 0.3) is 5.57 Å². The van der Waals surface area contributed by atoms with E-state index in [9.17, 15) is 19.2 Å². The van der Waals surface area contributed by atoms with Gasteiger partial charge in [-0.25, -0.2) is 14.5 Å². The smallest absolute Gasteiger partial charge is 0.416 e. The number of carbonyl (C=O) groups is 4. The van der Waals surface area contributed by atoms with E-state index >= 15 is 0 Å². The Morgan fingerprint density at radius 1 is 0.805 bits per heavy atom. The van der Waals surface area contributed by atoms with Gasteiger partial charge in [0.15, 0.2) is 37.5 Å². The molecule has 1 unspecified atom stereocenters. The van der Waals surface area contributed by atoms with Crippen molar-refractivity contribution in [2.45, 2.75) is 140 Å². The Kier molecular flexibility index (Phi) is 15.6. The molecule has 0 aromatic heterocycles. The van der Waals surface area contributed by atoms with Crippen molar-refractivity contribution in [2.75, 3.05) is 69.6 Å². The Morgan fingerprint density at radius 3 is 2.08 bits per heavy atom. The summed E-state index contributed by atoms with van der Waals surface area (Å²) in [5.41, 5.74) is 4.78. The molecular formula is C60H76N4O12Si. The van der Waals surface area contributed by atoms with Gasteiger partial charge in [-0.1, -0.05) is 70.3 Å². The summed E-state index contributed by atoms with van der Waals surface area (Å²) < 4.78 is 49.4. The van der Waals surface area contributed by atoms with Gasteiger partial charge in [-0.3, -0.25) is 14.5 Å². The van der Waals surface area contributed by atoms with Crippen LogP contribution in [0.15, 0.2) is 80.0 Å². The van der Waals surface area contributed by atoms with Gasteiger partial charge in [-0.05, 0) is 129 Å². The number of nitrogens with zero attached hydrogens (tertiary/aromatic N) is 4. The number of methoxy groups -OCH3 is 1. The zero-order valence-electron chi connectivity index (χ0n) is 45.8. The highest BCUT2D eigenvalue weighted by Gasteiger charge is 2.60. The molecule has 7 aliphatic rings. The van der Waals surface area contributed by atoms with Crippen LogP contribution < -0.4 is 28.7 Å². The molecule has 16 nitrogen and oxygen atoms in total. The molecule has 77 heavy (non-hydrogen) atoms. The Morgan fingerprint density at radius 2 is 1.44 bits per heavy atom. The minimum absolute atomic E-state index is 0.00642. The molecule has 3 aromatic rings. The van der Waals surface area contributed by atoms with Gasteiger partial charge in [0.2, 0.25) is 0 Å². The number of hydrogen-bond donors (Lipinski definition) is 0. The molecule has 0 N–H and O–H groups in total. The van der Waals surface area contributed by atoms with Crippen molar-refractivity contribution in [3.8, 4) is 23.0 Å². The minimum Gasteiger partial charge on any atom is -0.493 e. The fraction of sp³-hybridized carbons (Fsp3) is 0.533. The molecule has 5 heterocycles. The number of benzene rings is 3. The average molecular weight is 1070 g/mol. The Bertz CT molecular complexity index is 2780. The first-order valence-electron chi connectivity index (χ1n) is 27.7. The summed E-state index contributed by atoms with van der Waals surface area (Å²) in [6, 6.07) is 14.8. The molecule has 2 saturated heterocycles. The zero-order valence-corrected chi connectivity index (χ0v) is 46.8. The summed E-state index contributed by atoms with van der Waals surface area (Å²) in [6.45, 7) is 21.3. The molecule has 0 bridgehead atoms. The summed E-state index contributed by atoms with van der Waals surface area (Å²) >= 11 is 0. The zero-order chi connectivity index (χ0) is 54.2. The monoisotopic (exact) mass is 1070 g/mol. The van der Waals surface area contributed by atoms with Crippen LogP contribution in [0.5, 0.6) is 23.0 Å². The summed E-state index contributed by atoms with van der Waals surface area (Å²) in [7, 11) is -1.01. The Balaban J connectivity index is 0.840. The first-order chi connectivity index (χ1) is 37.0. The number of unbranched alkanes of at least 4 members (excludes halogenated alkanes) is 2. The molecule has 412 valence electrons. The second kappa shape index (κ2) is 22.2. The molecular weight excluding hydrogens is 997 g/mol. The van der Waals surface area contributed by atoms with Crippen LogP contribution in [0.4, 0.5) is 21.0 Å². The molecule has 2 aliphatic carbocycles. The van der Waals surface area contributed by atoms with Gasteiger partial charge in [0, 0.05) is 38.1 Å². The van der Waals surface area contributed by atoms with E-state index in [-0.39, 0.29) is 60.2 Å². The van der Waals surface area contributed by atoms with E-state index in [1.165, 1.54) is 29.7 Å². The molecule has 4 fully saturated rings. The predicted molar refractivity (Wildman–Crippen MR) is 296 cm³/mol. The van der Waals surface area contributed by atoms with Crippen molar-refractivity contribution in [1.82, 2.24) is 9.80 Å². The van der Waals surface area contributed by atoms with Gasteiger partial charge >= 0.3 is 12.2 Å². The van der Waals surface area contributed by atoms with Crippen LogP contribution in [0.2, 0.25) is 18.1 Å². The van der Waals surface area contributed by atoms with Gasteiger partial charge in [-0.2, -0.15) is 0 Å². The lowest BCUT2D eigenvalue weighted by Crippen LogP contribution is -2.58. The highest BCUT2D eigenvalue weighted by Crippen LogP contribution is 2.58. The molecule has 4 amide bonds. The van der Waals surface area contributed by atoms with Crippen molar-refractivity contribution in [2.24, 2.45) is 5.41 Å². The highest BCUT2D eigenvalue weighted by atomic mass is 28.4. The van der Waals surface area contributed by atoms with Crippen molar-refractivity contribution in [3.05, 3.63) is 102 Å². The highest BCUT2D eigenvalue weighted by molar-refractivity contribution is 6.74. The Labute approximate surface area is 454 Å². The third-order valence-electron chi connectivity index (χ3n) is 16.9. The van der Waals surface area contributed by atoms with Crippen LogP contribution in [-0.4, -0.2) is 126 Å². The number of anilines is 2. The molecule has 5 aliphatic heterocycles.